The van der Waals surface area contributed by atoms with E-state index >= 15 is 0 Å². The van der Waals surface area contributed by atoms with Gasteiger partial charge in [-0.25, -0.2) is 4.98 Å². The van der Waals surface area contributed by atoms with Crippen molar-refractivity contribution in [2.45, 2.75) is 26.2 Å². The molecule has 83 valence electrons. The zero-order valence-electron chi connectivity index (χ0n) is 9.57. The molecule has 0 aliphatic carbocycles. The van der Waals surface area contributed by atoms with Crippen LogP contribution in [-0.2, 0) is 6.42 Å². The molecule has 0 aliphatic rings. The summed E-state index contributed by atoms with van der Waals surface area (Å²) in [5.74, 6) is 0. The second-order valence-electron chi connectivity index (χ2n) is 3.81. The second-order valence-corrected chi connectivity index (χ2v) is 4.89. The molecule has 0 amide bonds. The first-order chi connectivity index (χ1) is 7.85. The van der Waals surface area contributed by atoms with Crippen LogP contribution >= 0.6 is 11.3 Å². The minimum atomic E-state index is 1.10. The fourth-order valence-corrected chi connectivity index (χ4v) is 2.81. The summed E-state index contributed by atoms with van der Waals surface area (Å²) in [5.41, 5.74) is 2.35. The van der Waals surface area contributed by atoms with Gasteiger partial charge in [0.05, 0.1) is 15.2 Å². The van der Waals surface area contributed by atoms with Gasteiger partial charge in [-0.1, -0.05) is 37.6 Å². The van der Waals surface area contributed by atoms with Crippen LogP contribution in [0.25, 0.3) is 16.3 Å². The van der Waals surface area contributed by atoms with Gasteiger partial charge < -0.3 is 0 Å². The summed E-state index contributed by atoms with van der Waals surface area (Å²) in [7, 11) is 0. The number of allylic oxidation sites excluding steroid dienone is 1. The molecule has 2 rings (SSSR count). The molecule has 0 saturated carbocycles. The molecule has 1 aromatic carbocycles. The summed E-state index contributed by atoms with van der Waals surface area (Å²) >= 11 is 1.81. The predicted octanol–water partition coefficient (Wildman–Crippen LogP) is 4.49. The van der Waals surface area contributed by atoms with Crippen molar-refractivity contribution in [3.63, 3.8) is 0 Å². The Kier molecular flexibility index (Phi) is 3.73. The van der Waals surface area contributed by atoms with Crippen molar-refractivity contribution < 1.29 is 0 Å². The Morgan fingerprint density at radius 1 is 1.44 bits per heavy atom. The van der Waals surface area contributed by atoms with Crippen LogP contribution < -0.4 is 0 Å². The SMILES string of the molecule is [CH2]/C=C/c1cccc2nc(CCCC)sc12. The average Bonchev–Trinajstić information content (AvgIpc) is 2.70. The number of aromatic nitrogens is 1. The number of benzene rings is 1. The molecule has 0 atom stereocenters. The topological polar surface area (TPSA) is 12.9 Å². The molecule has 2 aromatic rings. The Bertz CT molecular complexity index is 496. The van der Waals surface area contributed by atoms with Gasteiger partial charge in [0.25, 0.3) is 0 Å². The first kappa shape index (κ1) is 11.3. The maximum atomic E-state index is 4.66. The lowest BCUT2D eigenvalue weighted by Crippen LogP contribution is -1.81. The van der Waals surface area contributed by atoms with Crippen LogP contribution in [0.15, 0.2) is 24.3 Å². The van der Waals surface area contributed by atoms with Crippen molar-refractivity contribution in [1.29, 1.82) is 0 Å². The van der Waals surface area contributed by atoms with E-state index < -0.39 is 0 Å². The second kappa shape index (κ2) is 5.26. The smallest absolute Gasteiger partial charge is 0.0938 e. The van der Waals surface area contributed by atoms with E-state index in [0.717, 1.165) is 11.9 Å². The van der Waals surface area contributed by atoms with Gasteiger partial charge >= 0.3 is 0 Å². The van der Waals surface area contributed by atoms with E-state index in [1.807, 2.05) is 23.5 Å². The van der Waals surface area contributed by atoms with Gasteiger partial charge in [0.1, 0.15) is 0 Å². The summed E-state index contributed by atoms with van der Waals surface area (Å²) in [6, 6.07) is 6.26. The van der Waals surface area contributed by atoms with Crippen molar-refractivity contribution >= 4 is 27.6 Å². The highest BCUT2D eigenvalue weighted by atomic mass is 32.1. The molecule has 1 radical (unpaired) electrons. The van der Waals surface area contributed by atoms with Crippen LogP contribution in [0.4, 0.5) is 0 Å². The van der Waals surface area contributed by atoms with Crippen molar-refractivity contribution in [2.75, 3.05) is 0 Å². The normalized spacial score (nSPS) is 11.6. The third-order valence-electron chi connectivity index (χ3n) is 2.53. The summed E-state index contributed by atoms with van der Waals surface area (Å²) < 4.78 is 1.29. The Morgan fingerprint density at radius 2 is 2.31 bits per heavy atom. The van der Waals surface area contributed by atoms with E-state index in [4.69, 9.17) is 0 Å². The molecule has 1 aromatic heterocycles. The number of nitrogens with zero attached hydrogens (tertiary/aromatic N) is 1. The molecule has 0 bridgehead atoms. The summed E-state index contributed by atoms with van der Waals surface area (Å²) in [4.78, 5) is 4.66. The number of thiazole rings is 1. The van der Waals surface area contributed by atoms with Crippen molar-refractivity contribution in [1.82, 2.24) is 4.98 Å². The molecule has 0 fully saturated rings. The monoisotopic (exact) mass is 230 g/mol. The van der Waals surface area contributed by atoms with Crippen LogP contribution in [0.5, 0.6) is 0 Å². The van der Waals surface area contributed by atoms with Gasteiger partial charge in [-0.15, -0.1) is 11.3 Å². The van der Waals surface area contributed by atoms with E-state index in [1.54, 1.807) is 0 Å². The van der Waals surface area contributed by atoms with Crippen LogP contribution in [0.3, 0.4) is 0 Å². The standard InChI is InChI=1S/C14H16NS/c1-3-5-10-13-15-12-9-6-8-11(7-4-2)14(12)16-13/h4,6-9H,2-3,5,10H2,1H3/b7-4+. The van der Waals surface area contributed by atoms with Crippen molar-refractivity contribution in [3.05, 3.63) is 41.8 Å². The number of hydrogen-bond donors (Lipinski definition) is 0. The Labute approximate surface area is 101 Å². The molecular weight excluding hydrogens is 214 g/mol. The third-order valence-corrected chi connectivity index (χ3v) is 3.71. The Hall–Kier alpha value is -1.15. The van der Waals surface area contributed by atoms with Gasteiger partial charge in [0, 0.05) is 0 Å². The maximum absolute atomic E-state index is 4.66. The molecule has 0 N–H and O–H groups in total. The number of rotatable bonds is 4. The molecule has 0 aliphatic heterocycles. The highest BCUT2D eigenvalue weighted by Crippen LogP contribution is 2.27. The van der Waals surface area contributed by atoms with Crippen LogP contribution in [0.1, 0.15) is 30.3 Å². The van der Waals surface area contributed by atoms with Crippen LogP contribution in [0.2, 0.25) is 0 Å². The van der Waals surface area contributed by atoms with E-state index in [2.05, 4.69) is 37.0 Å². The molecule has 1 nitrogen and oxygen atoms in total. The van der Waals surface area contributed by atoms with Gasteiger partial charge in [-0.2, -0.15) is 0 Å². The number of fused-ring (bicyclic) bond motifs is 1. The van der Waals surface area contributed by atoms with Crippen molar-refractivity contribution in [3.8, 4) is 0 Å². The lowest BCUT2D eigenvalue weighted by atomic mass is 10.2. The summed E-state index contributed by atoms with van der Waals surface area (Å²) in [5, 5.41) is 1.25. The molecule has 16 heavy (non-hydrogen) atoms. The van der Waals surface area contributed by atoms with Gasteiger partial charge in [0.15, 0.2) is 0 Å². The average molecular weight is 230 g/mol. The van der Waals surface area contributed by atoms with Crippen molar-refractivity contribution in [2.24, 2.45) is 0 Å². The highest BCUT2D eigenvalue weighted by Gasteiger charge is 2.05. The Balaban J connectivity index is 2.40. The quantitative estimate of drug-likeness (QED) is 0.754. The maximum Gasteiger partial charge on any atom is 0.0938 e. The minimum Gasteiger partial charge on any atom is -0.241 e. The summed E-state index contributed by atoms with van der Waals surface area (Å²) in [6.45, 7) is 5.96. The molecule has 0 unspecified atom stereocenters. The van der Waals surface area contributed by atoms with E-state index in [9.17, 15) is 0 Å². The first-order valence-corrected chi connectivity index (χ1v) is 6.51. The minimum absolute atomic E-state index is 1.10. The van der Waals surface area contributed by atoms with E-state index in [1.165, 1.54) is 28.1 Å². The lowest BCUT2D eigenvalue weighted by Gasteiger charge is -1.93. The molecule has 0 saturated heterocycles. The number of aryl methyl sites for hydroxylation is 1. The molecule has 0 spiro atoms. The van der Waals surface area contributed by atoms with E-state index in [0.29, 0.717) is 0 Å². The van der Waals surface area contributed by atoms with Gasteiger partial charge in [-0.3, -0.25) is 0 Å². The number of hydrogen-bond acceptors (Lipinski definition) is 2. The molecule has 1 heterocycles. The third kappa shape index (κ3) is 2.33. The molecule has 2 heteroatoms. The fraction of sp³-hybridized carbons (Fsp3) is 0.286. The van der Waals surface area contributed by atoms with Gasteiger partial charge in [-0.05, 0) is 31.4 Å². The van der Waals surface area contributed by atoms with Crippen LogP contribution in [0, 0.1) is 6.92 Å². The Morgan fingerprint density at radius 3 is 3.06 bits per heavy atom. The lowest BCUT2D eigenvalue weighted by molar-refractivity contribution is 0.791. The molecular formula is C14H16NS. The first-order valence-electron chi connectivity index (χ1n) is 5.69. The highest BCUT2D eigenvalue weighted by molar-refractivity contribution is 7.18. The zero-order valence-corrected chi connectivity index (χ0v) is 10.4. The summed E-state index contributed by atoms with van der Waals surface area (Å²) in [6.07, 6.45) is 7.43. The van der Waals surface area contributed by atoms with E-state index in [-0.39, 0.29) is 0 Å². The van der Waals surface area contributed by atoms with Gasteiger partial charge in [0.2, 0.25) is 0 Å². The predicted molar refractivity (Wildman–Crippen MR) is 72.6 cm³/mol. The zero-order chi connectivity index (χ0) is 11.4. The fourth-order valence-electron chi connectivity index (χ4n) is 1.71. The number of unbranched alkanes of at least 4 members (excludes halogenated alkanes) is 1. The largest absolute Gasteiger partial charge is 0.241 e. The van der Waals surface area contributed by atoms with Crippen LogP contribution in [-0.4, -0.2) is 4.98 Å².